The smallest absolute Gasteiger partial charge is 0.239 e. The molecule has 2 atom stereocenters. The minimum Gasteiger partial charge on any atom is -0.493 e. The summed E-state index contributed by atoms with van der Waals surface area (Å²) in [6.07, 6.45) is 3.44. The lowest BCUT2D eigenvalue weighted by Gasteiger charge is -2.30. The van der Waals surface area contributed by atoms with Crippen molar-refractivity contribution < 1.29 is 9.53 Å². The predicted molar refractivity (Wildman–Crippen MR) is 141 cm³/mol. The molecule has 1 aromatic carbocycles. The molecule has 0 fully saturated rings. The molecule has 0 radical (unpaired) electrons. The normalized spacial score (nSPS) is 13.4. The van der Waals surface area contributed by atoms with Crippen LogP contribution in [-0.4, -0.2) is 74.8 Å². The number of pyridine rings is 1. The molecule has 36 heavy (non-hydrogen) atoms. The number of H-pyrrole nitrogens is 1. The van der Waals surface area contributed by atoms with Gasteiger partial charge in [0.2, 0.25) is 5.91 Å². The van der Waals surface area contributed by atoms with E-state index in [1.807, 2.05) is 45.2 Å². The zero-order valence-corrected chi connectivity index (χ0v) is 22.3. The number of fused-ring (bicyclic) bond motifs is 1. The molecule has 0 aliphatic carbocycles. The zero-order chi connectivity index (χ0) is 26.1. The molecule has 4 rings (SSSR count). The Labute approximate surface area is 212 Å². The first kappa shape index (κ1) is 25.4. The van der Waals surface area contributed by atoms with E-state index in [1.54, 1.807) is 16.5 Å². The van der Waals surface area contributed by atoms with Crippen molar-refractivity contribution in [2.75, 3.05) is 28.3 Å². The fourth-order valence-corrected chi connectivity index (χ4v) is 4.39. The van der Waals surface area contributed by atoms with Gasteiger partial charge in [-0.2, -0.15) is 10.2 Å². The van der Waals surface area contributed by atoms with E-state index in [2.05, 4.69) is 60.2 Å². The Morgan fingerprint density at radius 3 is 2.36 bits per heavy atom. The number of aromatic nitrogens is 5. The molecule has 1 amide bonds. The van der Waals surface area contributed by atoms with Gasteiger partial charge in [-0.15, -0.1) is 0 Å². The first-order valence-corrected chi connectivity index (χ1v) is 12.1. The molecular weight excluding hydrogens is 454 g/mol. The van der Waals surface area contributed by atoms with Crippen molar-refractivity contribution in [2.24, 2.45) is 0 Å². The van der Waals surface area contributed by atoms with Crippen molar-refractivity contribution in [3.63, 3.8) is 0 Å². The second-order valence-electron chi connectivity index (χ2n) is 9.73. The summed E-state index contributed by atoms with van der Waals surface area (Å²) in [5.74, 6) is 0.966. The predicted octanol–water partition coefficient (Wildman–Crippen LogP) is 4.39. The van der Waals surface area contributed by atoms with Crippen molar-refractivity contribution in [3.05, 3.63) is 54.0 Å². The quantitative estimate of drug-likeness (QED) is 0.395. The zero-order valence-electron chi connectivity index (χ0n) is 22.3. The van der Waals surface area contributed by atoms with Gasteiger partial charge < -0.3 is 9.64 Å². The van der Waals surface area contributed by atoms with Crippen molar-refractivity contribution in [1.29, 1.82) is 0 Å². The van der Waals surface area contributed by atoms with Gasteiger partial charge >= 0.3 is 0 Å². The molecule has 1 N–H and O–H groups in total. The van der Waals surface area contributed by atoms with E-state index >= 15 is 0 Å². The van der Waals surface area contributed by atoms with E-state index in [1.165, 1.54) is 6.33 Å². The third-order valence-electron chi connectivity index (χ3n) is 6.96. The van der Waals surface area contributed by atoms with E-state index in [0.717, 1.165) is 33.6 Å². The van der Waals surface area contributed by atoms with Crippen molar-refractivity contribution in [3.8, 4) is 28.3 Å². The van der Waals surface area contributed by atoms with Crippen LogP contribution in [-0.2, 0) is 4.79 Å². The van der Waals surface area contributed by atoms with Gasteiger partial charge in [-0.25, -0.2) is 9.50 Å². The van der Waals surface area contributed by atoms with E-state index in [0.29, 0.717) is 11.4 Å². The summed E-state index contributed by atoms with van der Waals surface area (Å²) < 4.78 is 7.26. The van der Waals surface area contributed by atoms with Crippen molar-refractivity contribution >= 4 is 11.6 Å². The van der Waals surface area contributed by atoms with Gasteiger partial charge in [0.1, 0.15) is 6.33 Å². The molecule has 0 saturated heterocycles. The highest BCUT2D eigenvalue weighted by molar-refractivity contribution is 5.81. The Morgan fingerprint density at radius 1 is 1.06 bits per heavy atom. The van der Waals surface area contributed by atoms with Crippen LogP contribution in [0, 0.1) is 0 Å². The number of benzene rings is 1. The highest BCUT2D eigenvalue weighted by Crippen LogP contribution is 2.37. The second kappa shape index (κ2) is 10.1. The SMILES string of the molecule is COc1cc(-c2[nH]nc(-c3ccc([C@H](C)N(C)C(=O)[C@@H](C)N(C)C)cc3)c2C(C)C)cn2ncnc12. The van der Waals surface area contributed by atoms with Gasteiger partial charge in [0.15, 0.2) is 11.4 Å². The molecule has 0 unspecified atom stereocenters. The molecule has 3 heterocycles. The van der Waals surface area contributed by atoms with E-state index in [4.69, 9.17) is 9.84 Å². The topological polar surface area (TPSA) is 91.7 Å². The number of likely N-dealkylation sites (N-methyl/N-ethyl adjacent to an activating group) is 2. The molecular formula is C27H35N7O2. The number of carbonyl (C=O) groups excluding carboxylic acids is 1. The van der Waals surface area contributed by atoms with Crippen molar-refractivity contribution in [1.82, 2.24) is 34.6 Å². The Morgan fingerprint density at radius 2 is 1.75 bits per heavy atom. The average molecular weight is 490 g/mol. The fourth-order valence-electron chi connectivity index (χ4n) is 4.39. The van der Waals surface area contributed by atoms with Gasteiger partial charge in [0.25, 0.3) is 0 Å². The average Bonchev–Trinajstić information content (AvgIpc) is 3.53. The summed E-state index contributed by atoms with van der Waals surface area (Å²) in [4.78, 5) is 20.8. The van der Waals surface area contributed by atoms with Crippen LogP contribution in [0.3, 0.4) is 0 Å². The van der Waals surface area contributed by atoms with E-state index in [9.17, 15) is 4.79 Å². The van der Waals surface area contributed by atoms with Gasteiger partial charge in [-0.1, -0.05) is 38.1 Å². The fraction of sp³-hybridized carbons (Fsp3) is 0.407. The number of nitrogens with one attached hydrogen (secondary N) is 1. The van der Waals surface area contributed by atoms with Crippen LogP contribution in [0.2, 0.25) is 0 Å². The number of nitrogens with zero attached hydrogens (tertiary/aromatic N) is 6. The van der Waals surface area contributed by atoms with Crippen molar-refractivity contribution in [2.45, 2.75) is 45.7 Å². The Balaban J connectivity index is 1.67. The molecule has 0 saturated carbocycles. The van der Waals surface area contributed by atoms with Crippen LogP contribution in [0.5, 0.6) is 5.75 Å². The maximum absolute atomic E-state index is 12.8. The largest absolute Gasteiger partial charge is 0.493 e. The summed E-state index contributed by atoms with van der Waals surface area (Å²) in [7, 11) is 7.32. The molecule has 4 aromatic rings. The number of methoxy groups -OCH3 is 1. The molecule has 190 valence electrons. The summed E-state index contributed by atoms with van der Waals surface area (Å²) in [5, 5.41) is 12.2. The number of hydrogen-bond acceptors (Lipinski definition) is 6. The molecule has 0 bridgehead atoms. The molecule has 0 aliphatic rings. The molecule has 0 aliphatic heterocycles. The van der Waals surface area contributed by atoms with Gasteiger partial charge in [0, 0.05) is 29.9 Å². The lowest BCUT2D eigenvalue weighted by Crippen LogP contribution is -2.43. The second-order valence-corrected chi connectivity index (χ2v) is 9.73. The highest BCUT2D eigenvalue weighted by Gasteiger charge is 2.25. The number of amides is 1. The van der Waals surface area contributed by atoms with Crippen LogP contribution >= 0.6 is 0 Å². The highest BCUT2D eigenvalue weighted by atomic mass is 16.5. The summed E-state index contributed by atoms with van der Waals surface area (Å²) in [6, 6.07) is 10.0. The van der Waals surface area contributed by atoms with Crippen LogP contribution in [0.15, 0.2) is 42.9 Å². The van der Waals surface area contributed by atoms with Crippen LogP contribution in [0.4, 0.5) is 0 Å². The summed E-state index contributed by atoms with van der Waals surface area (Å²) >= 11 is 0. The first-order valence-electron chi connectivity index (χ1n) is 12.1. The van der Waals surface area contributed by atoms with Gasteiger partial charge in [-0.3, -0.25) is 14.8 Å². The maximum Gasteiger partial charge on any atom is 0.239 e. The number of aromatic amines is 1. The van der Waals surface area contributed by atoms with E-state index in [-0.39, 0.29) is 23.9 Å². The van der Waals surface area contributed by atoms with Crippen LogP contribution < -0.4 is 4.74 Å². The Bertz CT molecular complexity index is 1350. The molecule has 3 aromatic heterocycles. The molecule has 9 nitrogen and oxygen atoms in total. The summed E-state index contributed by atoms with van der Waals surface area (Å²) in [6.45, 7) is 8.29. The van der Waals surface area contributed by atoms with Gasteiger partial charge in [0.05, 0.1) is 30.6 Å². The minimum atomic E-state index is -0.178. The third-order valence-corrected chi connectivity index (χ3v) is 6.96. The maximum atomic E-state index is 12.8. The third kappa shape index (κ3) is 4.58. The lowest BCUT2D eigenvalue weighted by atomic mass is 9.93. The van der Waals surface area contributed by atoms with Crippen LogP contribution in [0.25, 0.3) is 28.2 Å². The number of carbonyl (C=O) groups is 1. The van der Waals surface area contributed by atoms with Gasteiger partial charge in [-0.05, 0) is 45.5 Å². The Kier molecular flexibility index (Phi) is 7.12. The lowest BCUT2D eigenvalue weighted by molar-refractivity contribution is -0.136. The van der Waals surface area contributed by atoms with E-state index < -0.39 is 0 Å². The number of ether oxygens (including phenoxy) is 1. The number of hydrogen-bond donors (Lipinski definition) is 1. The first-order chi connectivity index (χ1) is 17.1. The molecule has 0 spiro atoms. The Hall–Kier alpha value is -3.72. The summed E-state index contributed by atoms with van der Waals surface area (Å²) in [5.41, 5.74) is 6.63. The standard InChI is InChI=1S/C27H35N7O2/c1-16(2)23-24(30-31-25(23)21-13-22(36-8)26-28-15-29-34(26)14-21)20-11-9-19(10-12-20)17(3)33(7)27(35)18(4)32(5)6/h9-18H,1-8H3,(H,30,31)/t17-,18+/m0/s1. The monoisotopic (exact) mass is 489 g/mol. The minimum absolute atomic E-state index is 0.0462. The van der Waals surface area contributed by atoms with Crippen LogP contribution in [0.1, 0.15) is 50.8 Å². The number of rotatable bonds is 8. The molecule has 9 heteroatoms.